The Morgan fingerprint density at radius 2 is 1.74 bits per heavy atom. The number of aliphatic imine (C=N–C) groups is 1. The molecule has 0 aromatic heterocycles. The number of benzene rings is 2. The van der Waals surface area contributed by atoms with Crippen LogP contribution in [0.25, 0.3) is 0 Å². The first-order valence-corrected chi connectivity index (χ1v) is 7.09. The van der Waals surface area contributed by atoms with Crippen LogP contribution in [0.2, 0.25) is 10.0 Å². The fraction of sp³-hybridized carbons (Fsp3) is 0.0667. The minimum atomic E-state index is -0.292. The molecule has 4 nitrogen and oxygen atoms in total. The predicted octanol–water partition coefficient (Wildman–Crippen LogP) is 4.19. The number of nitrogens with one attached hydrogen (secondary N) is 1. The second-order valence-electron chi connectivity index (χ2n) is 4.33. The van der Waals surface area contributed by atoms with Crippen LogP contribution in [0.4, 0.5) is 4.39 Å². The van der Waals surface area contributed by atoms with Crippen LogP contribution in [0.5, 0.6) is 0 Å². The van der Waals surface area contributed by atoms with Gasteiger partial charge in [0.25, 0.3) is 0 Å². The molecule has 0 radical (unpaired) electrons. The van der Waals surface area contributed by atoms with Crippen molar-refractivity contribution in [2.24, 2.45) is 15.8 Å². The van der Waals surface area contributed by atoms with Crippen molar-refractivity contribution in [3.05, 3.63) is 69.5 Å². The molecule has 0 amide bonds. The number of rotatable bonds is 4. The molecular formula is C15H14Cl2FIN4. The van der Waals surface area contributed by atoms with Gasteiger partial charge in [-0.05, 0) is 29.8 Å². The topological polar surface area (TPSA) is 62.8 Å². The SMILES string of the molecule is I.NC(=NCc1ccc(F)cc1)NN=Cc1c(Cl)cccc1Cl. The third-order valence-electron chi connectivity index (χ3n) is 2.72. The van der Waals surface area contributed by atoms with Gasteiger partial charge in [-0.2, -0.15) is 5.10 Å². The van der Waals surface area contributed by atoms with Gasteiger partial charge < -0.3 is 5.73 Å². The summed E-state index contributed by atoms with van der Waals surface area (Å²) >= 11 is 12.0. The molecule has 0 unspecified atom stereocenters. The summed E-state index contributed by atoms with van der Waals surface area (Å²) < 4.78 is 12.8. The van der Waals surface area contributed by atoms with Crippen LogP contribution < -0.4 is 11.2 Å². The van der Waals surface area contributed by atoms with Crippen LogP contribution in [0.3, 0.4) is 0 Å². The van der Waals surface area contributed by atoms with Crippen molar-refractivity contribution in [3.8, 4) is 0 Å². The highest BCUT2D eigenvalue weighted by molar-refractivity contribution is 14.0. The molecule has 0 spiro atoms. The van der Waals surface area contributed by atoms with E-state index >= 15 is 0 Å². The molecule has 0 bridgehead atoms. The predicted molar refractivity (Wildman–Crippen MR) is 104 cm³/mol. The van der Waals surface area contributed by atoms with Gasteiger partial charge in [-0.3, -0.25) is 0 Å². The lowest BCUT2D eigenvalue weighted by Gasteiger charge is -2.02. The summed E-state index contributed by atoms with van der Waals surface area (Å²) in [4.78, 5) is 4.08. The maximum Gasteiger partial charge on any atom is 0.209 e. The molecule has 8 heteroatoms. The van der Waals surface area contributed by atoms with Crippen molar-refractivity contribution in [1.29, 1.82) is 0 Å². The molecule has 0 atom stereocenters. The molecule has 2 aromatic rings. The van der Waals surface area contributed by atoms with Gasteiger partial charge >= 0.3 is 0 Å². The lowest BCUT2D eigenvalue weighted by Crippen LogP contribution is -2.27. The van der Waals surface area contributed by atoms with E-state index in [9.17, 15) is 4.39 Å². The molecule has 0 saturated carbocycles. The van der Waals surface area contributed by atoms with E-state index in [1.807, 2.05) is 0 Å². The van der Waals surface area contributed by atoms with Crippen molar-refractivity contribution < 1.29 is 4.39 Å². The normalized spacial score (nSPS) is 11.3. The van der Waals surface area contributed by atoms with E-state index < -0.39 is 0 Å². The molecule has 0 fully saturated rings. The van der Waals surface area contributed by atoms with Gasteiger partial charge in [0, 0.05) is 5.56 Å². The van der Waals surface area contributed by atoms with Crippen molar-refractivity contribution in [3.63, 3.8) is 0 Å². The fourth-order valence-electron chi connectivity index (χ4n) is 1.60. The van der Waals surface area contributed by atoms with Crippen LogP contribution in [-0.4, -0.2) is 12.2 Å². The summed E-state index contributed by atoms with van der Waals surface area (Å²) in [5.41, 5.74) is 9.67. The quantitative estimate of drug-likeness (QED) is 0.307. The highest BCUT2D eigenvalue weighted by Gasteiger charge is 2.01. The van der Waals surface area contributed by atoms with E-state index in [4.69, 9.17) is 28.9 Å². The van der Waals surface area contributed by atoms with Crippen LogP contribution >= 0.6 is 47.2 Å². The number of guanidine groups is 1. The summed E-state index contributed by atoms with van der Waals surface area (Å²) in [7, 11) is 0. The van der Waals surface area contributed by atoms with Gasteiger partial charge in [-0.15, -0.1) is 24.0 Å². The second-order valence-corrected chi connectivity index (χ2v) is 5.15. The molecule has 0 saturated heterocycles. The van der Waals surface area contributed by atoms with E-state index in [1.165, 1.54) is 18.3 Å². The van der Waals surface area contributed by atoms with Gasteiger partial charge in [0.05, 0.1) is 22.8 Å². The number of hydrogen-bond acceptors (Lipinski definition) is 2. The Kier molecular flexibility index (Phi) is 8.29. The first-order chi connectivity index (χ1) is 10.6. The maximum absolute atomic E-state index is 12.8. The Morgan fingerprint density at radius 1 is 1.13 bits per heavy atom. The molecule has 2 aromatic carbocycles. The Bertz CT molecular complexity index is 685. The molecule has 0 aliphatic heterocycles. The van der Waals surface area contributed by atoms with Crippen molar-refractivity contribution in [1.82, 2.24) is 5.43 Å². The zero-order valence-corrected chi connectivity index (χ0v) is 15.7. The van der Waals surface area contributed by atoms with Crippen molar-refractivity contribution in [2.45, 2.75) is 6.54 Å². The lowest BCUT2D eigenvalue weighted by atomic mass is 10.2. The number of nitrogens with zero attached hydrogens (tertiary/aromatic N) is 2. The van der Waals surface area contributed by atoms with Gasteiger partial charge in [0.15, 0.2) is 0 Å². The largest absolute Gasteiger partial charge is 0.369 e. The zero-order valence-electron chi connectivity index (χ0n) is 11.8. The lowest BCUT2D eigenvalue weighted by molar-refractivity contribution is 0.627. The first-order valence-electron chi connectivity index (χ1n) is 6.33. The number of hydrazone groups is 1. The monoisotopic (exact) mass is 466 g/mol. The summed E-state index contributed by atoms with van der Waals surface area (Å²) in [5, 5.41) is 4.90. The van der Waals surface area contributed by atoms with Gasteiger partial charge in [-0.25, -0.2) is 14.8 Å². The Balaban J connectivity index is 0.00000264. The van der Waals surface area contributed by atoms with Gasteiger partial charge in [0.2, 0.25) is 5.96 Å². The molecule has 3 N–H and O–H groups in total. The molecule has 23 heavy (non-hydrogen) atoms. The Hall–Kier alpha value is -1.38. The maximum atomic E-state index is 12.8. The molecule has 0 heterocycles. The van der Waals surface area contributed by atoms with E-state index in [2.05, 4.69) is 15.5 Å². The molecule has 0 aliphatic rings. The third-order valence-corrected chi connectivity index (χ3v) is 3.38. The van der Waals surface area contributed by atoms with Crippen LogP contribution in [0, 0.1) is 5.82 Å². The van der Waals surface area contributed by atoms with Gasteiger partial charge in [0.1, 0.15) is 5.82 Å². The standard InChI is InChI=1S/C15H13Cl2FN4.HI/c16-13-2-1-3-14(17)12(13)9-21-22-15(19)20-8-10-4-6-11(18)7-5-10;/h1-7,9H,8H2,(H3,19,20,22);1H. The minimum absolute atomic E-state index is 0. The van der Waals surface area contributed by atoms with Crippen LogP contribution in [0.1, 0.15) is 11.1 Å². The summed E-state index contributed by atoms with van der Waals surface area (Å²) in [5.74, 6) is -0.163. The second kappa shape index (κ2) is 9.69. The number of nitrogens with two attached hydrogens (primary N) is 1. The fourth-order valence-corrected chi connectivity index (χ4v) is 2.09. The van der Waals surface area contributed by atoms with E-state index in [-0.39, 0.29) is 35.8 Å². The van der Waals surface area contributed by atoms with Crippen molar-refractivity contribution in [2.75, 3.05) is 0 Å². The minimum Gasteiger partial charge on any atom is -0.369 e. The summed E-state index contributed by atoms with van der Waals surface area (Å²) in [6.07, 6.45) is 1.46. The molecule has 2 rings (SSSR count). The highest BCUT2D eigenvalue weighted by atomic mass is 127. The van der Waals surface area contributed by atoms with Crippen molar-refractivity contribution >= 4 is 59.4 Å². The zero-order chi connectivity index (χ0) is 15.9. The average molecular weight is 467 g/mol. The molecule has 122 valence electrons. The molecule has 0 aliphatic carbocycles. The van der Waals surface area contributed by atoms with E-state index in [1.54, 1.807) is 30.3 Å². The number of halogens is 4. The molecular weight excluding hydrogens is 453 g/mol. The third kappa shape index (κ3) is 6.32. The average Bonchev–Trinajstić information content (AvgIpc) is 2.50. The first kappa shape index (κ1) is 19.7. The van der Waals surface area contributed by atoms with Crippen LogP contribution in [-0.2, 0) is 6.54 Å². The van der Waals surface area contributed by atoms with E-state index in [0.29, 0.717) is 22.2 Å². The highest BCUT2D eigenvalue weighted by Crippen LogP contribution is 2.21. The van der Waals surface area contributed by atoms with Crippen LogP contribution in [0.15, 0.2) is 52.6 Å². The van der Waals surface area contributed by atoms with Gasteiger partial charge in [-0.1, -0.05) is 41.4 Å². The Labute approximate surface area is 160 Å². The summed E-state index contributed by atoms with van der Waals surface area (Å²) in [6, 6.07) is 11.2. The smallest absolute Gasteiger partial charge is 0.209 e. The summed E-state index contributed by atoms with van der Waals surface area (Å²) in [6.45, 7) is 0.321. The van der Waals surface area contributed by atoms with E-state index in [0.717, 1.165) is 5.56 Å². The Morgan fingerprint density at radius 3 is 2.35 bits per heavy atom. The number of hydrogen-bond donors (Lipinski definition) is 2.